The molecule has 0 aromatic carbocycles. The van der Waals surface area contributed by atoms with Crippen molar-refractivity contribution in [3.05, 3.63) is 48.3 Å². The third-order valence-electron chi connectivity index (χ3n) is 4.15. The van der Waals surface area contributed by atoms with Gasteiger partial charge in [0.2, 0.25) is 11.9 Å². The summed E-state index contributed by atoms with van der Waals surface area (Å²) in [6.45, 7) is 1.81. The molecule has 24 heavy (non-hydrogen) atoms. The molecule has 1 saturated carbocycles. The minimum Gasteiger partial charge on any atom is -0.309 e. The van der Waals surface area contributed by atoms with Gasteiger partial charge in [-0.05, 0) is 37.1 Å². The van der Waals surface area contributed by atoms with Crippen molar-refractivity contribution < 1.29 is 13.6 Å². The van der Waals surface area contributed by atoms with Crippen molar-refractivity contribution in [3.8, 4) is 11.1 Å². The van der Waals surface area contributed by atoms with Crippen LogP contribution in [0.2, 0.25) is 0 Å². The fraction of sp³-hybridized carbons (Fsp3) is 0.235. The third-order valence-corrected chi connectivity index (χ3v) is 4.15. The Balaban J connectivity index is 1.67. The summed E-state index contributed by atoms with van der Waals surface area (Å²) >= 11 is 0. The van der Waals surface area contributed by atoms with E-state index in [1.165, 1.54) is 6.20 Å². The lowest BCUT2D eigenvalue weighted by Gasteiger charge is -2.06. The molecule has 0 saturated heterocycles. The molecule has 1 N–H and O–H groups in total. The van der Waals surface area contributed by atoms with Gasteiger partial charge in [0.25, 0.3) is 0 Å². The first-order chi connectivity index (χ1) is 11.5. The molecule has 0 unspecified atom stereocenters. The highest BCUT2D eigenvalue weighted by Crippen LogP contribution is 2.34. The maximum absolute atomic E-state index is 14.0. The van der Waals surface area contributed by atoms with Gasteiger partial charge in [-0.15, -0.1) is 0 Å². The first-order valence-corrected chi connectivity index (χ1v) is 7.58. The average molecular weight is 328 g/mol. The van der Waals surface area contributed by atoms with Gasteiger partial charge in [0.05, 0.1) is 12.1 Å². The zero-order chi connectivity index (χ0) is 16.8. The van der Waals surface area contributed by atoms with Crippen molar-refractivity contribution in [2.24, 2.45) is 5.92 Å². The van der Waals surface area contributed by atoms with Gasteiger partial charge in [-0.2, -0.15) is 4.39 Å². The number of anilines is 1. The highest BCUT2D eigenvalue weighted by atomic mass is 19.1. The molecule has 0 spiro atoms. The van der Waals surface area contributed by atoms with Crippen LogP contribution in [0.5, 0.6) is 0 Å². The smallest absolute Gasteiger partial charge is 0.231 e. The molecule has 7 heteroatoms. The van der Waals surface area contributed by atoms with E-state index in [2.05, 4.69) is 15.3 Å². The van der Waals surface area contributed by atoms with Crippen LogP contribution in [0.3, 0.4) is 0 Å². The lowest BCUT2D eigenvalue weighted by molar-refractivity contribution is -0.117. The summed E-state index contributed by atoms with van der Waals surface area (Å²) in [5.74, 6) is -1.12. The Hall–Kier alpha value is -2.83. The number of amides is 1. The molecule has 0 radical (unpaired) electrons. The molecule has 1 aliphatic carbocycles. The van der Waals surface area contributed by atoms with Gasteiger partial charge in [-0.3, -0.25) is 4.79 Å². The monoisotopic (exact) mass is 328 g/mol. The number of hydrogen-bond donors (Lipinski definition) is 1. The van der Waals surface area contributed by atoms with Gasteiger partial charge in [0.15, 0.2) is 5.82 Å². The number of imidazole rings is 1. The molecule has 2 atom stereocenters. The van der Waals surface area contributed by atoms with Crippen molar-refractivity contribution in [1.82, 2.24) is 14.4 Å². The number of alkyl halides is 1. The SMILES string of the molecule is Cc1ccnc(F)c1-c1ccc2nc(NC(=O)[C@@H]3C[C@@H]3F)cn2c1. The van der Waals surface area contributed by atoms with E-state index >= 15 is 0 Å². The van der Waals surface area contributed by atoms with Crippen molar-refractivity contribution >= 4 is 17.4 Å². The van der Waals surface area contributed by atoms with E-state index in [4.69, 9.17) is 0 Å². The van der Waals surface area contributed by atoms with E-state index in [0.29, 0.717) is 22.6 Å². The van der Waals surface area contributed by atoms with Gasteiger partial charge < -0.3 is 9.72 Å². The summed E-state index contributed by atoms with van der Waals surface area (Å²) in [5.41, 5.74) is 2.46. The van der Waals surface area contributed by atoms with E-state index in [1.807, 2.05) is 6.92 Å². The Kier molecular flexibility index (Phi) is 3.30. The topological polar surface area (TPSA) is 59.3 Å². The average Bonchev–Trinajstić information content (AvgIpc) is 3.13. The number of carbonyl (C=O) groups is 1. The van der Waals surface area contributed by atoms with Gasteiger partial charge in [-0.25, -0.2) is 14.4 Å². The number of nitrogens with one attached hydrogen (secondary N) is 1. The lowest BCUT2D eigenvalue weighted by Crippen LogP contribution is -2.15. The number of fused-ring (bicyclic) bond motifs is 1. The van der Waals surface area contributed by atoms with Crippen LogP contribution in [0.15, 0.2) is 36.8 Å². The molecule has 4 rings (SSSR count). The summed E-state index contributed by atoms with van der Waals surface area (Å²) in [6, 6.07) is 5.22. The molecule has 3 heterocycles. The minimum absolute atomic E-state index is 0.267. The van der Waals surface area contributed by atoms with Crippen LogP contribution in [0.4, 0.5) is 14.6 Å². The normalized spacial score (nSPS) is 19.5. The molecule has 3 aromatic heterocycles. The lowest BCUT2D eigenvalue weighted by atomic mass is 10.0. The minimum atomic E-state index is -1.05. The second kappa shape index (κ2) is 5.36. The molecule has 122 valence electrons. The van der Waals surface area contributed by atoms with Crippen LogP contribution in [0, 0.1) is 18.8 Å². The Morgan fingerprint density at radius 2 is 2.12 bits per heavy atom. The predicted octanol–water partition coefficient (Wildman–Crippen LogP) is 3.14. The number of hydrogen-bond acceptors (Lipinski definition) is 3. The molecule has 0 aliphatic heterocycles. The number of carbonyl (C=O) groups excluding carboxylic acids is 1. The number of pyridine rings is 2. The number of aryl methyl sites for hydroxylation is 1. The zero-order valence-electron chi connectivity index (χ0n) is 12.8. The van der Waals surface area contributed by atoms with Crippen LogP contribution in [-0.2, 0) is 4.79 Å². The number of rotatable bonds is 3. The number of aromatic nitrogens is 3. The van der Waals surface area contributed by atoms with E-state index < -0.39 is 18.0 Å². The van der Waals surface area contributed by atoms with Crippen LogP contribution in [0.1, 0.15) is 12.0 Å². The van der Waals surface area contributed by atoms with Gasteiger partial charge in [-0.1, -0.05) is 0 Å². The van der Waals surface area contributed by atoms with Gasteiger partial charge in [0, 0.05) is 23.5 Å². The van der Waals surface area contributed by atoms with E-state index in [0.717, 1.165) is 5.56 Å². The van der Waals surface area contributed by atoms with Gasteiger partial charge >= 0.3 is 0 Å². The largest absolute Gasteiger partial charge is 0.309 e. The molecule has 3 aromatic rings. The maximum atomic E-state index is 14.0. The van der Waals surface area contributed by atoms with Crippen LogP contribution >= 0.6 is 0 Å². The summed E-state index contributed by atoms with van der Waals surface area (Å²) < 4.78 is 28.6. The summed E-state index contributed by atoms with van der Waals surface area (Å²) in [7, 11) is 0. The van der Waals surface area contributed by atoms with E-state index in [1.54, 1.807) is 35.0 Å². The summed E-state index contributed by atoms with van der Waals surface area (Å²) in [6.07, 6.45) is 3.98. The quantitative estimate of drug-likeness (QED) is 0.752. The fourth-order valence-electron chi connectivity index (χ4n) is 2.73. The molecular weight excluding hydrogens is 314 g/mol. The van der Waals surface area contributed by atoms with E-state index in [9.17, 15) is 13.6 Å². The van der Waals surface area contributed by atoms with E-state index in [-0.39, 0.29) is 12.3 Å². The standard InChI is InChI=1S/C17H14F2N4O/c1-9-4-5-20-16(19)15(9)10-2-3-14-21-13(8-23(14)7-10)22-17(24)11-6-12(11)18/h2-5,7-8,11-12H,6H2,1H3,(H,22,24)/t11-,12+/m1/s1. The summed E-state index contributed by atoms with van der Waals surface area (Å²) in [4.78, 5) is 19.7. The van der Waals surface area contributed by atoms with Crippen LogP contribution < -0.4 is 5.32 Å². The molecule has 1 aliphatic rings. The van der Waals surface area contributed by atoms with Crippen molar-refractivity contribution in [2.45, 2.75) is 19.5 Å². The molecule has 5 nitrogen and oxygen atoms in total. The fourth-order valence-corrected chi connectivity index (χ4v) is 2.73. The highest BCUT2D eigenvalue weighted by molar-refractivity contribution is 5.94. The predicted molar refractivity (Wildman–Crippen MR) is 84.8 cm³/mol. The Bertz CT molecular complexity index is 933. The van der Waals surface area contributed by atoms with Crippen molar-refractivity contribution in [3.63, 3.8) is 0 Å². The van der Waals surface area contributed by atoms with Crippen molar-refractivity contribution in [2.75, 3.05) is 5.32 Å². The van der Waals surface area contributed by atoms with Crippen molar-refractivity contribution in [1.29, 1.82) is 0 Å². The highest BCUT2D eigenvalue weighted by Gasteiger charge is 2.43. The van der Waals surface area contributed by atoms with Crippen LogP contribution in [0.25, 0.3) is 16.8 Å². The summed E-state index contributed by atoms with van der Waals surface area (Å²) in [5, 5.41) is 2.61. The number of nitrogens with zero attached hydrogens (tertiary/aromatic N) is 3. The maximum Gasteiger partial charge on any atom is 0.231 e. The van der Waals surface area contributed by atoms with Crippen LogP contribution in [-0.4, -0.2) is 26.4 Å². The zero-order valence-corrected chi connectivity index (χ0v) is 12.8. The Morgan fingerprint density at radius 1 is 1.33 bits per heavy atom. The Labute approximate surface area is 136 Å². The Morgan fingerprint density at radius 3 is 2.83 bits per heavy atom. The second-order valence-electron chi connectivity index (χ2n) is 5.95. The number of halogens is 2. The third kappa shape index (κ3) is 2.51. The first kappa shape index (κ1) is 14.7. The van der Waals surface area contributed by atoms with Gasteiger partial charge in [0.1, 0.15) is 11.8 Å². The molecular formula is C17H14F2N4O. The molecule has 1 fully saturated rings. The second-order valence-corrected chi connectivity index (χ2v) is 5.95. The molecule has 0 bridgehead atoms. The first-order valence-electron chi connectivity index (χ1n) is 7.58. The molecule has 1 amide bonds.